The summed E-state index contributed by atoms with van der Waals surface area (Å²) in [5.41, 5.74) is 3.79. The smallest absolute Gasteiger partial charge is 0.243 e. The second kappa shape index (κ2) is 10.2. The second-order valence-electron chi connectivity index (χ2n) is 8.67. The highest BCUT2D eigenvalue weighted by Gasteiger charge is 2.27. The van der Waals surface area contributed by atoms with Crippen molar-refractivity contribution in [1.29, 1.82) is 0 Å². The topological polar surface area (TPSA) is 84.7 Å². The van der Waals surface area contributed by atoms with E-state index in [2.05, 4.69) is 0 Å². The number of rotatable bonds is 8. The zero-order valence-electron chi connectivity index (χ0n) is 20.0. The molecular weight excluding hydrogens is 452 g/mol. The molecule has 1 fully saturated rings. The molecule has 1 aliphatic rings. The van der Waals surface area contributed by atoms with E-state index in [1.165, 1.54) is 9.87 Å². The number of aromatic nitrogens is 2. The van der Waals surface area contributed by atoms with Crippen LogP contribution in [0, 0.1) is 6.92 Å². The third kappa shape index (κ3) is 5.16. The molecule has 1 saturated heterocycles. The quantitative estimate of drug-likeness (QED) is 0.491. The minimum atomic E-state index is -3.59. The number of nitrogens with zero attached hydrogens (tertiary/aromatic N) is 4. The van der Waals surface area contributed by atoms with Crippen LogP contribution in [0.15, 0.2) is 47.4 Å². The molecule has 9 heteroatoms. The Morgan fingerprint density at radius 3 is 2.50 bits per heavy atom. The van der Waals surface area contributed by atoms with E-state index in [0.717, 1.165) is 16.9 Å². The standard InChI is InChI=1S/C25H32N4O4S/c1-4-29-23-10-9-21(34(31,32)28-13-15-33-16-14-28)17-22(23)26-24(29)11-12-25(30)27(3)18-20-7-5-19(2)6-8-20/h5-10,17H,4,11-16,18H2,1-3H3. The lowest BCUT2D eigenvalue weighted by atomic mass is 10.1. The number of fused-ring (bicyclic) bond motifs is 1. The van der Waals surface area contributed by atoms with E-state index in [0.29, 0.717) is 57.8 Å². The fraction of sp³-hybridized carbons (Fsp3) is 0.440. The monoisotopic (exact) mass is 484 g/mol. The Morgan fingerprint density at radius 2 is 1.82 bits per heavy atom. The zero-order valence-corrected chi connectivity index (χ0v) is 20.8. The van der Waals surface area contributed by atoms with Crippen molar-refractivity contribution in [3.8, 4) is 0 Å². The summed E-state index contributed by atoms with van der Waals surface area (Å²) in [6.45, 7) is 6.83. The SMILES string of the molecule is CCn1c(CCC(=O)N(C)Cc2ccc(C)cc2)nc2cc(S(=O)(=O)N3CCOCC3)ccc21. The van der Waals surface area contributed by atoms with Gasteiger partial charge in [-0.15, -0.1) is 0 Å². The number of carbonyl (C=O) groups is 1. The summed E-state index contributed by atoms with van der Waals surface area (Å²) in [6, 6.07) is 13.3. The first-order valence-corrected chi connectivity index (χ1v) is 13.1. The number of benzene rings is 2. The predicted octanol–water partition coefficient (Wildman–Crippen LogP) is 2.98. The summed E-state index contributed by atoms with van der Waals surface area (Å²) < 4.78 is 34.9. The second-order valence-corrected chi connectivity index (χ2v) is 10.6. The number of hydrogen-bond donors (Lipinski definition) is 0. The summed E-state index contributed by atoms with van der Waals surface area (Å²) in [4.78, 5) is 19.4. The lowest BCUT2D eigenvalue weighted by Gasteiger charge is -2.26. The van der Waals surface area contributed by atoms with Crippen molar-refractivity contribution >= 4 is 27.0 Å². The minimum absolute atomic E-state index is 0.0471. The minimum Gasteiger partial charge on any atom is -0.379 e. The van der Waals surface area contributed by atoms with Gasteiger partial charge in [-0.25, -0.2) is 13.4 Å². The Labute approximate surface area is 201 Å². The molecule has 1 amide bonds. The average Bonchev–Trinajstić information content (AvgIpc) is 3.21. The Kier molecular flexibility index (Phi) is 7.35. The number of morpholine rings is 1. The fourth-order valence-corrected chi connectivity index (χ4v) is 5.69. The van der Waals surface area contributed by atoms with Gasteiger partial charge in [-0.3, -0.25) is 4.79 Å². The number of imidazole rings is 1. The van der Waals surface area contributed by atoms with Gasteiger partial charge in [0.2, 0.25) is 15.9 Å². The van der Waals surface area contributed by atoms with Gasteiger partial charge in [-0.1, -0.05) is 29.8 Å². The van der Waals surface area contributed by atoms with Crippen LogP contribution in [0.1, 0.15) is 30.3 Å². The number of hydrogen-bond acceptors (Lipinski definition) is 5. The molecule has 8 nitrogen and oxygen atoms in total. The predicted molar refractivity (Wildman–Crippen MR) is 131 cm³/mol. The number of carbonyl (C=O) groups excluding carboxylic acids is 1. The van der Waals surface area contributed by atoms with Crippen molar-refractivity contribution in [2.75, 3.05) is 33.4 Å². The van der Waals surface area contributed by atoms with Gasteiger partial charge >= 0.3 is 0 Å². The van der Waals surface area contributed by atoms with Gasteiger partial charge < -0.3 is 14.2 Å². The summed E-state index contributed by atoms with van der Waals surface area (Å²) in [5, 5.41) is 0. The van der Waals surface area contributed by atoms with Gasteiger partial charge in [-0.2, -0.15) is 4.31 Å². The Bertz CT molecular complexity index is 1260. The highest BCUT2D eigenvalue weighted by molar-refractivity contribution is 7.89. The van der Waals surface area contributed by atoms with E-state index >= 15 is 0 Å². The number of amides is 1. The maximum atomic E-state index is 13.0. The highest BCUT2D eigenvalue weighted by atomic mass is 32.2. The normalized spacial score (nSPS) is 15.0. The van der Waals surface area contributed by atoms with Crippen LogP contribution in [-0.2, 0) is 39.1 Å². The third-order valence-electron chi connectivity index (χ3n) is 6.25. The van der Waals surface area contributed by atoms with Crippen molar-refractivity contribution in [3.63, 3.8) is 0 Å². The molecule has 182 valence electrons. The van der Waals surface area contributed by atoms with E-state index in [1.807, 2.05) is 55.8 Å². The number of aryl methyl sites for hydroxylation is 3. The molecule has 0 radical (unpaired) electrons. The molecule has 2 heterocycles. The van der Waals surface area contributed by atoms with E-state index in [9.17, 15) is 13.2 Å². The van der Waals surface area contributed by atoms with Crippen LogP contribution in [0.4, 0.5) is 0 Å². The van der Waals surface area contributed by atoms with Crippen molar-refractivity contribution in [2.45, 2.75) is 44.7 Å². The summed E-state index contributed by atoms with van der Waals surface area (Å²) >= 11 is 0. The Balaban J connectivity index is 1.48. The first-order chi connectivity index (χ1) is 16.3. The molecule has 0 bridgehead atoms. The lowest BCUT2D eigenvalue weighted by Crippen LogP contribution is -2.40. The maximum Gasteiger partial charge on any atom is 0.243 e. The molecule has 1 aromatic heterocycles. The van der Waals surface area contributed by atoms with E-state index < -0.39 is 10.0 Å². The van der Waals surface area contributed by atoms with E-state index in [1.54, 1.807) is 17.0 Å². The van der Waals surface area contributed by atoms with Crippen molar-refractivity contribution in [1.82, 2.24) is 18.8 Å². The van der Waals surface area contributed by atoms with Crippen LogP contribution >= 0.6 is 0 Å². The Hall–Kier alpha value is -2.75. The van der Waals surface area contributed by atoms with Gasteiger partial charge in [0.1, 0.15) is 5.82 Å². The lowest BCUT2D eigenvalue weighted by molar-refractivity contribution is -0.130. The molecule has 0 aliphatic carbocycles. The van der Waals surface area contributed by atoms with Gasteiger partial charge in [0.25, 0.3) is 0 Å². The average molecular weight is 485 g/mol. The molecule has 0 saturated carbocycles. The number of ether oxygens (including phenoxy) is 1. The zero-order chi connectivity index (χ0) is 24.3. The van der Waals surface area contributed by atoms with Crippen LogP contribution in [-0.4, -0.2) is 66.4 Å². The maximum absolute atomic E-state index is 13.0. The molecule has 0 unspecified atom stereocenters. The molecule has 34 heavy (non-hydrogen) atoms. The van der Waals surface area contributed by atoms with Crippen molar-refractivity contribution in [3.05, 3.63) is 59.4 Å². The number of sulfonamides is 1. The van der Waals surface area contributed by atoms with Gasteiger partial charge in [0.05, 0.1) is 29.1 Å². The molecule has 0 spiro atoms. The molecule has 0 atom stereocenters. The van der Waals surface area contributed by atoms with Crippen LogP contribution in [0.25, 0.3) is 11.0 Å². The van der Waals surface area contributed by atoms with Crippen LogP contribution in [0.2, 0.25) is 0 Å². The first kappa shape index (κ1) is 24.4. The molecule has 2 aromatic carbocycles. The molecule has 3 aromatic rings. The fourth-order valence-electron chi connectivity index (χ4n) is 4.26. The van der Waals surface area contributed by atoms with Crippen molar-refractivity contribution in [2.24, 2.45) is 0 Å². The molecule has 4 rings (SSSR count). The van der Waals surface area contributed by atoms with Crippen LogP contribution in [0.3, 0.4) is 0 Å². The van der Waals surface area contributed by atoms with Gasteiger partial charge in [-0.05, 0) is 37.6 Å². The van der Waals surface area contributed by atoms with E-state index in [4.69, 9.17) is 9.72 Å². The summed E-state index contributed by atoms with van der Waals surface area (Å²) in [6.07, 6.45) is 0.829. The van der Waals surface area contributed by atoms with Gasteiger partial charge in [0.15, 0.2) is 0 Å². The third-order valence-corrected chi connectivity index (χ3v) is 8.15. The summed E-state index contributed by atoms with van der Waals surface area (Å²) in [5.74, 6) is 0.835. The van der Waals surface area contributed by atoms with Crippen LogP contribution in [0.5, 0.6) is 0 Å². The molecule has 0 N–H and O–H groups in total. The van der Waals surface area contributed by atoms with Crippen LogP contribution < -0.4 is 0 Å². The summed E-state index contributed by atoms with van der Waals surface area (Å²) in [7, 11) is -1.78. The molecular formula is C25H32N4O4S. The molecule has 1 aliphatic heterocycles. The van der Waals surface area contributed by atoms with Gasteiger partial charge in [0, 0.05) is 46.1 Å². The van der Waals surface area contributed by atoms with E-state index in [-0.39, 0.29) is 10.8 Å². The largest absolute Gasteiger partial charge is 0.379 e. The first-order valence-electron chi connectivity index (χ1n) is 11.7. The highest BCUT2D eigenvalue weighted by Crippen LogP contribution is 2.24. The van der Waals surface area contributed by atoms with Crippen molar-refractivity contribution < 1.29 is 17.9 Å². The Morgan fingerprint density at radius 1 is 1.12 bits per heavy atom.